The zero-order valence-corrected chi connectivity index (χ0v) is 16.3. The van der Waals surface area contributed by atoms with Crippen molar-refractivity contribution >= 4 is 23.2 Å². The molecule has 3 rings (SSSR count). The smallest absolute Gasteiger partial charge is 0.271 e. The summed E-state index contributed by atoms with van der Waals surface area (Å²) in [6.45, 7) is 2.00. The van der Waals surface area contributed by atoms with Gasteiger partial charge in [-0.1, -0.05) is 56.5 Å². The van der Waals surface area contributed by atoms with E-state index in [0.717, 1.165) is 43.4 Å². The minimum Gasteiger partial charge on any atom is -0.326 e. The maximum Gasteiger partial charge on any atom is 0.271 e. The monoisotopic (exact) mass is 377 g/mol. The van der Waals surface area contributed by atoms with Gasteiger partial charge in [0.05, 0.1) is 5.71 Å². The predicted octanol–water partition coefficient (Wildman–Crippen LogP) is 4.75. The SMILES string of the molecule is CC/C(=N\NC(=O)c1ccc(NC(=O)C2CCCCC2)cc1)c1ccccc1. The third-order valence-electron chi connectivity index (χ3n) is 5.12. The lowest BCUT2D eigenvalue weighted by molar-refractivity contribution is -0.120. The zero-order valence-electron chi connectivity index (χ0n) is 16.3. The summed E-state index contributed by atoms with van der Waals surface area (Å²) in [6, 6.07) is 16.7. The van der Waals surface area contributed by atoms with Gasteiger partial charge in [0, 0.05) is 17.2 Å². The van der Waals surface area contributed by atoms with Crippen molar-refractivity contribution < 1.29 is 9.59 Å². The van der Waals surface area contributed by atoms with Gasteiger partial charge in [-0.3, -0.25) is 9.59 Å². The highest BCUT2D eigenvalue weighted by atomic mass is 16.2. The molecule has 0 aliphatic heterocycles. The Balaban J connectivity index is 1.58. The number of hydrogen-bond donors (Lipinski definition) is 2. The number of hydrazone groups is 1. The topological polar surface area (TPSA) is 70.6 Å². The van der Waals surface area contributed by atoms with Gasteiger partial charge in [0.25, 0.3) is 5.91 Å². The third-order valence-corrected chi connectivity index (χ3v) is 5.12. The second-order valence-corrected chi connectivity index (χ2v) is 7.12. The second-order valence-electron chi connectivity index (χ2n) is 7.12. The van der Waals surface area contributed by atoms with Gasteiger partial charge in [-0.2, -0.15) is 5.10 Å². The van der Waals surface area contributed by atoms with Crippen molar-refractivity contribution in [3.8, 4) is 0 Å². The second kappa shape index (κ2) is 9.83. The Morgan fingerprint density at radius 3 is 2.25 bits per heavy atom. The lowest BCUT2D eigenvalue weighted by atomic mass is 9.88. The number of anilines is 1. The Hall–Kier alpha value is -2.95. The summed E-state index contributed by atoms with van der Waals surface area (Å²) in [5, 5.41) is 7.23. The summed E-state index contributed by atoms with van der Waals surface area (Å²) in [5.41, 5.74) is 5.66. The van der Waals surface area contributed by atoms with Gasteiger partial charge in [-0.15, -0.1) is 0 Å². The molecule has 2 amide bonds. The van der Waals surface area contributed by atoms with Crippen LogP contribution in [0, 0.1) is 5.92 Å². The van der Waals surface area contributed by atoms with Gasteiger partial charge >= 0.3 is 0 Å². The lowest BCUT2D eigenvalue weighted by Crippen LogP contribution is -2.24. The highest BCUT2D eigenvalue weighted by Crippen LogP contribution is 2.25. The van der Waals surface area contributed by atoms with Crippen LogP contribution < -0.4 is 10.7 Å². The molecule has 28 heavy (non-hydrogen) atoms. The number of rotatable bonds is 6. The van der Waals surface area contributed by atoms with Gasteiger partial charge in [-0.05, 0) is 49.1 Å². The Bertz CT molecular complexity index is 823. The maximum absolute atomic E-state index is 12.4. The number of nitrogens with zero attached hydrogens (tertiary/aromatic N) is 1. The first-order valence-electron chi connectivity index (χ1n) is 10.0. The Kier molecular flexibility index (Phi) is 6.95. The maximum atomic E-state index is 12.4. The van der Waals surface area contributed by atoms with E-state index < -0.39 is 0 Å². The molecule has 0 atom stereocenters. The van der Waals surface area contributed by atoms with E-state index in [1.165, 1.54) is 6.42 Å². The van der Waals surface area contributed by atoms with Gasteiger partial charge in [0.2, 0.25) is 5.91 Å². The molecule has 0 aromatic heterocycles. The van der Waals surface area contributed by atoms with Crippen molar-refractivity contribution in [2.45, 2.75) is 45.4 Å². The number of nitrogens with one attached hydrogen (secondary N) is 2. The fourth-order valence-corrected chi connectivity index (χ4v) is 3.48. The minimum absolute atomic E-state index is 0.0805. The van der Waals surface area contributed by atoms with E-state index in [0.29, 0.717) is 11.3 Å². The lowest BCUT2D eigenvalue weighted by Gasteiger charge is -2.20. The molecule has 146 valence electrons. The van der Waals surface area contributed by atoms with E-state index in [-0.39, 0.29) is 17.7 Å². The number of carbonyl (C=O) groups excluding carboxylic acids is 2. The van der Waals surface area contributed by atoms with Crippen LogP contribution >= 0.6 is 0 Å². The molecule has 0 bridgehead atoms. The van der Waals surface area contributed by atoms with Crippen LogP contribution in [0.4, 0.5) is 5.69 Å². The molecule has 0 saturated heterocycles. The molecule has 0 spiro atoms. The third kappa shape index (κ3) is 5.28. The van der Waals surface area contributed by atoms with Gasteiger partial charge in [0.1, 0.15) is 0 Å². The summed E-state index contributed by atoms with van der Waals surface area (Å²) in [6.07, 6.45) is 6.12. The van der Waals surface area contributed by atoms with E-state index in [4.69, 9.17) is 0 Å². The summed E-state index contributed by atoms with van der Waals surface area (Å²) in [7, 11) is 0. The fourth-order valence-electron chi connectivity index (χ4n) is 3.48. The van der Waals surface area contributed by atoms with Crippen LogP contribution in [0.2, 0.25) is 0 Å². The molecule has 2 aromatic rings. The first-order chi connectivity index (χ1) is 13.7. The van der Waals surface area contributed by atoms with Gasteiger partial charge in [-0.25, -0.2) is 5.43 Å². The van der Waals surface area contributed by atoms with Crippen LogP contribution in [0.1, 0.15) is 61.4 Å². The zero-order chi connectivity index (χ0) is 19.8. The van der Waals surface area contributed by atoms with Crippen molar-refractivity contribution in [1.29, 1.82) is 0 Å². The standard InChI is InChI=1S/C23H27N3O2/c1-2-21(17-9-5-3-6-10-17)25-26-23(28)19-13-15-20(16-14-19)24-22(27)18-11-7-4-8-12-18/h3,5-6,9-10,13-16,18H,2,4,7-8,11-12H2,1H3,(H,24,27)(H,26,28)/b25-21+. The van der Waals surface area contributed by atoms with Crippen molar-refractivity contribution in [1.82, 2.24) is 5.43 Å². The summed E-state index contributed by atoms with van der Waals surface area (Å²) in [5.74, 6) is -0.0829. The number of hydrogen-bond acceptors (Lipinski definition) is 3. The molecular formula is C23H27N3O2. The van der Waals surface area contributed by atoms with E-state index >= 15 is 0 Å². The molecule has 5 nitrogen and oxygen atoms in total. The van der Waals surface area contributed by atoms with E-state index in [1.54, 1.807) is 24.3 Å². The summed E-state index contributed by atoms with van der Waals surface area (Å²) < 4.78 is 0. The van der Waals surface area contributed by atoms with Crippen LogP contribution in [0.5, 0.6) is 0 Å². The van der Waals surface area contributed by atoms with Crippen LogP contribution in [-0.4, -0.2) is 17.5 Å². The highest BCUT2D eigenvalue weighted by Gasteiger charge is 2.21. The molecule has 2 N–H and O–H groups in total. The van der Waals surface area contributed by atoms with Gasteiger partial charge < -0.3 is 5.32 Å². The Morgan fingerprint density at radius 1 is 0.929 bits per heavy atom. The molecule has 2 aromatic carbocycles. The summed E-state index contributed by atoms with van der Waals surface area (Å²) >= 11 is 0. The molecule has 0 heterocycles. The van der Waals surface area contributed by atoms with E-state index in [9.17, 15) is 9.59 Å². The van der Waals surface area contributed by atoms with Crippen molar-refractivity contribution in [3.05, 3.63) is 65.7 Å². The van der Waals surface area contributed by atoms with Crippen molar-refractivity contribution in [2.75, 3.05) is 5.32 Å². The van der Waals surface area contributed by atoms with Gasteiger partial charge in [0.15, 0.2) is 0 Å². The minimum atomic E-state index is -0.271. The first kappa shape index (κ1) is 19.8. The summed E-state index contributed by atoms with van der Waals surface area (Å²) in [4.78, 5) is 24.7. The molecule has 1 aliphatic carbocycles. The number of amides is 2. The Morgan fingerprint density at radius 2 is 1.61 bits per heavy atom. The average Bonchev–Trinajstić information content (AvgIpc) is 2.76. The molecule has 0 radical (unpaired) electrons. The van der Waals surface area contributed by atoms with Crippen LogP contribution in [0.25, 0.3) is 0 Å². The molecule has 5 heteroatoms. The first-order valence-corrected chi connectivity index (χ1v) is 10.0. The molecule has 1 aliphatic rings. The molecule has 1 saturated carbocycles. The normalized spacial score (nSPS) is 15.1. The Labute approximate surface area is 166 Å². The molecule has 0 unspecified atom stereocenters. The average molecular weight is 377 g/mol. The van der Waals surface area contributed by atoms with Crippen LogP contribution in [-0.2, 0) is 4.79 Å². The molecule has 1 fully saturated rings. The highest BCUT2D eigenvalue weighted by molar-refractivity contribution is 6.02. The number of carbonyl (C=O) groups is 2. The van der Waals surface area contributed by atoms with Crippen molar-refractivity contribution in [3.63, 3.8) is 0 Å². The van der Waals surface area contributed by atoms with Crippen LogP contribution in [0.15, 0.2) is 59.7 Å². The fraction of sp³-hybridized carbons (Fsp3) is 0.348. The molecular weight excluding hydrogens is 350 g/mol. The van der Waals surface area contributed by atoms with Crippen LogP contribution in [0.3, 0.4) is 0 Å². The largest absolute Gasteiger partial charge is 0.326 e. The quantitative estimate of drug-likeness (QED) is 0.563. The number of benzene rings is 2. The predicted molar refractivity (Wildman–Crippen MR) is 112 cm³/mol. The van der Waals surface area contributed by atoms with E-state index in [1.807, 2.05) is 37.3 Å². The van der Waals surface area contributed by atoms with E-state index in [2.05, 4.69) is 15.8 Å². The van der Waals surface area contributed by atoms with Crippen molar-refractivity contribution in [2.24, 2.45) is 11.0 Å².